The molecular formula is C15H20ClN3OS. The maximum absolute atomic E-state index is 12.2. The summed E-state index contributed by atoms with van der Waals surface area (Å²) in [5.74, 6) is 0. The summed E-state index contributed by atoms with van der Waals surface area (Å²) >= 11 is 7.95. The molecular weight excluding hydrogens is 306 g/mol. The number of hydrogen-bond donors (Lipinski definition) is 1. The van der Waals surface area contributed by atoms with E-state index in [-0.39, 0.29) is 22.7 Å². The van der Waals surface area contributed by atoms with E-state index < -0.39 is 0 Å². The number of thiophene rings is 1. The number of aryl methyl sites for hydroxylation is 2. The van der Waals surface area contributed by atoms with Crippen LogP contribution in [-0.2, 0) is 0 Å². The van der Waals surface area contributed by atoms with Crippen molar-refractivity contribution in [1.29, 1.82) is 0 Å². The van der Waals surface area contributed by atoms with Gasteiger partial charge in [0, 0.05) is 15.8 Å². The second-order valence-electron chi connectivity index (χ2n) is 5.45. The summed E-state index contributed by atoms with van der Waals surface area (Å²) < 4.78 is 1.39. The topological polar surface area (TPSA) is 46.9 Å². The lowest BCUT2D eigenvalue weighted by molar-refractivity contribution is 0.503. The Morgan fingerprint density at radius 2 is 2.00 bits per heavy atom. The lowest BCUT2D eigenvalue weighted by Crippen LogP contribution is -2.26. The quantitative estimate of drug-likeness (QED) is 0.910. The summed E-state index contributed by atoms with van der Waals surface area (Å²) in [5.41, 5.74) is 1.54. The highest BCUT2D eigenvalue weighted by atomic mass is 35.5. The number of nitrogens with zero attached hydrogens (tertiary/aromatic N) is 2. The first kappa shape index (κ1) is 16.0. The highest BCUT2D eigenvalue weighted by Crippen LogP contribution is 2.29. The van der Waals surface area contributed by atoms with Gasteiger partial charge in [0.05, 0.1) is 17.9 Å². The lowest BCUT2D eigenvalue weighted by atomic mass is 10.1. The Kier molecular flexibility index (Phi) is 4.74. The molecule has 0 bridgehead atoms. The number of anilines is 1. The zero-order valence-corrected chi connectivity index (χ0v) is 14.5. The van der Waals surface area contributed by atoms with Crippen LogP contribution in [0.1, 0.15) is 48.2 Å². The Balaban J connectivity index is 2.30. The van der Waals surface area contributed by atoms with Crippen LogP contribution in [0.3, 0.4) is 0 Å². The Morgan fingerprint density at radius 3 is 2.52 bits per heavy atom. The minimum absolute atomic E-state index is 0.0109. The summed E-state index contributed by atoms with van der Waals surface area (Å²) in [7, 11) is 0. The summed E-state index contributed by atoms with van der Waals surface area (Å²) in [4.78, 5) is 14.7. The zero-order chi connectivity index (χ0) is 15.7. The van der Waals surface area contributed by atoms with Crippen molar-refractivity contribution in [2.75, 3.05) is 5.32 Å². The summed E-state index contributed by atoms with van der Waals surface area (Å²) in [6.07, 6.45) is 1.62. The molecule has 1 atom stereocenters. The fraction of sp³-hybridized carbons (Fsp3) is 0.467. The minimum atomic E-state index is -0.262. The van der Waals surface area contributed by atoms with Crippen molar-refractivity contribution >= 4 is 28.6 Å². The number of nitrogens with one attached hydrogen (secondary N) is 1. The van der Waals surface area contributed by atoms with Crippen LogP contribution in [0, 0.1) is 13.8 Å². The molecule has 6 heteroatoms. The van der Waals surface area contributed by atoms with Crippen molar-refractivity contribution in [2.45, 2.75) is 46.7 Å². The number of rotatable bonds is 4. The van der Waals surface area contributed by atoms with Gasteiger partial charge in [-0.05, 0) is 46.2 Å². The molecule has 1 unspecified atom stereocenters. The van der Waals surface area contributed by atoms with Gasteiger partial charge in [0.2, 0.25) is 0 Å². The molecule has 0 radical (unpaired) electrons. The van der Waals surface area contributed by atoms with Crippen LogP contribution in [0.5, 0.6) is 0 Å². The molecule has 0 spiro atoms. The third-order valence-corrected chi connectivity index (χ3v) is 4.70. The van der Waals surface area contributed by atoms with Gasteiger partial charge in [-0.1, -0.05) is 11.6 Å². The van der Waals surface area contributed by atoms with E-state index in [1.54, 1.807) is 17.5 Å². The number of halogens is 1. The zero-order valence-electron chi connectivity index (χ0n) is 12.9. The van der Waals surface area contributed by atoms with E-state index in [9.17, 15) is 4.79 Å². The largest absolute Gasteiger partial charge is 0.376 e. The Bertz CT molecular complexity index is 705. The SMILES string of the molecule is Cc1cc(C(C)Nc2cnn(C(C)C)c(=O)c2Cl)c(C)s1. The van der Waals surface area contributed by atoms with Gasteiger partial charge in [0.25, 0.3) is 5.56 Å². The molecule has 0 amide bonds. The second-order valence-corrected chi connectivity index (χ2v) is 7.29. The fourth-order valence-corrected chi connectivity index (χ4v) is 3.52. The Labute approximate surface area is 133 Å². The van der Waals surface area contributed by atoms with Crippen molar-refractivity contribution < 1.29 is 0 Å². The first-order chi connectivity index (χ1) is 9.81. The van der Waals surface area contributed by atoms with E-state index >= 15 is 0 Å². The van der Waals surface area contributed by atoms with Gasteiger partial charge >= 0.3 is 0 Å². The van der Waals surface area contributed by atoms with Gasteiger partial charge in [0.1, 0.15) is 5.02 Å². The van der Waals surface area contributed by atoms with Crippen LogP contribution in [0.25, 0.3) is 0 Å². The van der Waals surface area contributed by atoms with Crippen LogP contribution < -0.4 is 10.9 Å². The molecule has 21 heavy (non-hydrogen) atoms. The second kappa shape index (κ2) is 6.20. The number of aromatic nitrogens is 2. The van der Waals surface area contributed by atoms with Crippen LogP contribution in [0.15, 0.2) is 17.1 Å². The summed E-state index contributed by atoms with van der Waals surface area (Å²) in [6, 6.07) is 2.22. The Morgan fingerprint density at radius 1 is 1.33 bits per heavy atom. The molecule has 2 aromatic rings. The molecule has 0 aliphatic heterocycles. The van der Waals surface area contributed by atoms with Gasteiger partial charge in [-0.25, -0.2) is 4.68 Å². The van der Waals surface area contributed by atoms with E-state index in [1.165, 1.54) is 20.0 Å². The monoisotopic (exact) mass is 325 g/mol. The van der Waals surface area contributed by atoms with Crippen LogP contribution in [0.2, 0.25) is 5.02 Å². The maximum atomic E-state index is 12.2. The van der Waals surface area contributed by atoms with E-state index in [2.05, 4.69) is 37.3 Å². The molecule has 0 saturated carbocycles. The first-order valence-corrected chi connectivity index (χ1v) is 8.11. The van der Waals surface area contributed by atoms with Crippen molar-refractivity contribution in [1.82, 2.24) is 9.78 Å². The van der Waals surface area contributed by atoms with Crippen molar-refractivity contribution in [3.63, 3.8) is 0 Å². The maximum Gasteiger partial charge on any atom is 0.287 e. The molecule has 0 aliphatic carbocycles. The molecule has 0 aliphatic rings. The van der Waals surface area contributed by atoms with Crippen molar-refractivity contribution in [3.8, 4) is 0 Å². The highest BCUT2D eigenvalue weighted by molar-refractivity contribution is 7.12. The van der Waals surface area contributed by atoms with Gasteiger partial charge < -0.3 is 5.32 Å². The van der Waals surface area contributed by atoms with E-state index in [0.29, 0.717) is 5.69 Å². The van der Waals surface area contributed by atoms with E-state index in [0.717, 1.165) is 0 Å². The molecule has 4 nitrogen and oxygen atoms in total. The smallest absolute Gasteiger partial charge is 0.287 e. The van der Waals surface area contributed by atoms with Crippen LogP contribution >= 0.6 is 22.9 Å². The molecule has 2 rings (SSSR count). The Hall–Kier alpha value is -1.33. The van der Waals surface area contributed by atoms with Gasteiger partial charge in [0.15, 0.2) is 0 Å². The van der Waals surface area contributed by atoms with Gasteiger partial charge in [-0.2, -0.15) is 5.10 Å². The predicted molar refractivity (Wildman–Crippen MR) is 89.7 cm³/mol. The molecule has 2 aromatic heterocycles. The lowest BCUT2D eigenvalue weighted by Gasteiger charge is -2.17. The third kappa shape index (κ3) is 3.30. The van der Waals surface area contributed by atoms with E-state index in [4.69, 9.17) is 11.6 Å². The van der Waals surface area contributed by atoms with Crippen LogP contribution in [-0.4, -0.2) is 9.78 Å². The van der Waals surface area contributed by atoms with Gasteiger partial charge in [-0.3, -0.25) is 4.79 Å². The van der Waals surface area contributed by atoms with Crippen LogP contribution in [0.4, 0.5) is 5.69 Å². The minimum Gasteiger partial charge on any atom is -0.376 e. The normalized spacial score (nSPS) is 12.7. The molecule has 2 heterocycles. The first-order valence-electron chi connectivity index (χ1n) is 6.92. The fourth-order valence-electron chi connectivity index (χ4n) is 2.30. The average Bonchev–Trinajstić information content (AvgIpc) is 2.74. The molecule has 114 valence electrons. The summed E-state index contributed by atoms with van der Waals surface area (Å²) in [6.45, 7) is 10.0. The standard InChI is InChI=1S/C15H20ClN3OS/c1-8(2)19-15(20)14(16)13(7-17-19)18-10(4)12-6-9(3)21-11(12)5/h6-8,10,18H,1-5H3. The van der Waals surface area contributed by atoms with Crippen molar-refractivity contribution in [3.05, 3.63) is 43.0 Å². The summed E-state index contributed by atoms with van der Waals surface area (Å²) in [5, 5.41) is 7.65. The van der Waals surface area contributed by atoms with Crippen molar-refractivity contribution in [2.24, 2.45) is 0 Å². The predicted octanol–water partition coefficient (Wildman–Crippen LogP) is 4.33. The third-order valence-electron chi connectivity index (χ3n) is 3.35. The highest BCUT2D eigenvalue weighted by Gasteiger charge is 2.16. The molecule has 0 aromatic carbocycles. The van der Waals surface area contributed by atoms with Gasteiger partial charge in [-0.15, -0.1) is 11.3 Å². The molecule has 0 fully saturated rings. The average molecular weight is 326 g/mol. The molecule has 1 N–H and O–H groups in total. The molecule has 0 saturated heterocycles. The van der Waals surface area contributed by atoms with E-state index in [1.807, 2.05) is 13.8 Å². The number of hydrogen-bond acceptors (Lipinski definition) is 4.